The molecule has 1 aromatic heterocycles. The highest BCUT2D eigenvalue weighted by atomic mass is 14.9. The van der Waals surface area contributed by atoms with Crippen LogP contribution in [0.1, 0.15) is 12.5 Å². The molecule has 0 aliphatic heterocycles. The van der Waals surface area contributed by atoms with E-state index in [9.17, 15) is 0 Å². The van der Waals surface area contributed by atoms with E-state index in [4.69, 9.17) is 5.73 Å². The zero-order chi connectivity index (χ0) is 12.7. The van der Waals surface area contributed by atoms with E-state index < -0.39 is 0 Å². The average molecular weight is 226 g/mol. The summed E-state index contributed by atoms with van der Waals surface area (Å²) in [6.07, 6.45) is 15.0. The van der Waals surface area contributed by atoms with Gasteiger partial charge in [-0.2, -0.15) is 0 Å². The number of hydrogen-bond acceptors (Lipinski definition) is 1. The molecule has 0 aromatic carbocycles. The molecule has 0 atom stereocenters. The Balaban J connectivity index is 3.05. The first-order chi connectivity index (χ1) is 8.26. The number of nitrogens with two attached hydrogens (primary N) is 1. The summed E-state index contributed by atoms with van der Waals surface area (Å²) in [6.45, 7) is 9.39. The zero-order valence-corrected chi connectivity index (χ0v) is 10.1. The number of nitrogens with zero attached hydrogens (tertiary/aromatic N) is 1. The molecule has 88 valence electrons. The minimum Gasteiger partial charge on any atom is -0.404 e. The molecule has 1 aromatic rings. The molecule has 0 aliphatic rings. The first-order valence-corrected chi connectivity index (χ1v) is 5.45. The lowest BCUT2D eigenvalue weighted by Gasteiger charge is -2.02. The molecule has 0 saturated heterocycles. The standard InChI is InChI=1S/C15H18N2/c1-4-7-8-15(6-3)17-10-9-14(12-17)13(5-2)11-16/h4-12H,1-2,16H2,3H3/b8-7-,13-11+,15-6+. The fourth-order valence-corrected chi connectivity index (χ4v) is 1.51. The Labute approximate surface area is 103 Å². The van der Waals surface area contributed by atoms with Crippen molar-refractivity contribution in [1.82, 2.24) is 4.57 Å². The predicted molar refractivity (Wildman–Crippen MR) is 76.1 cm³/mol. The van der Waals surface area contributed by atoms with Crippen LogP contribution in [0.2, 0.25) is 0 Å². The van der Waals surface area contributed by atoms with Crippen LogP contribution in [0.3, 0.4) is 0 Å². The minimum atomic E-state index is 0.923. The topological polar surface area (TPSA) is 30.9 Å². The Kier molecular flexibility index (Phi) is 4.82. The quantitative estimate of drug-likeness (QED) is 0.764. The average Bonchev–Trinajstić information content (AvgIpc) is 2.81. The molecule has 0 fully saturated rings. The first kappa shape index (κ1) is 12.8. The van der Waals surface area contributed by atoms with E-state index >= 15 is 0 Å². The fraction of sp³-hybridized carbons (Fsp3) is 0.0667. The maximum absolute atomic E-state index is 5.53. The molecule has 2 N–H and O–H groups in total. The molecule has 0 bridgehead atoms. The maximum atomic E-state index is 5.53. The van der Waals surface area contributed by atoms with Crippen LogP contribution in [0.4, 0.5) is 0 Å². The van der Waals surface area contributed by atoms with Gasteiger partial charge in [-0.05, 0) is 24.6 Å². The lowest BCUT2D eigenvalue weighted by atomic mass is 10.1. The molecule has 0 amide bonds. The summed E-state index contributed by atoms with van der Waals surface area (Å²) in [4.78, 5) is 0. The molecule has 1 rings (SSSR count). The molecule has 0 unspecified atom stereocenters. The van der Waals surface area contributed by atoms with Crippen LogP contribution in [-0.4, -0.2) is 4.57 Å². The monoisotopic (exact) mass is 226 g/mol. The predicted octanol–water partition coefficient (Wildman–Crippen LogP) is 3.58. The third kappa shape index (κ3) is 3.11. The van der Waals surface area contributed by atoms with Crippen molar-refractivity contribution in [3.05, 3.63) is 73.8 Å². The first-order valence-electron chi connectivity index (χ1n) is 5.45. The lowest BCUT2D eigenvalue weighted by Crippen LogP contribution is -1.90. The molecular weight excluding hydrogens is 208 g/mol. The van der Waals surface area contributed by atoms with E-state index in [1.165, 1.54) is 0 Å². The Bertz CT molecular complexity index is 485. The summed E-state index contributed by atoms with van der Waals surface area (Å²) in [7, 11) is 0. The number of hydrogen-bond donors (Lipinski definition) is 1. The van der Waals surface area contributed by atoms with E-state index in [-0.39, 0.29) is 0 Å². The third-order valence-electron chi connectivity index (χ3n) is 2.42. The molecule has 0 aliphatic carbocycles. The van der Waals surface area contributed by atoms with Gasteiger partial charge < -0.3 is 10.3 Å². The van der Waals surface area contributed by atoms with E-state index in [0.717, 1.165) is 16.8 Å². The van der Waals surface area contributed by atoms with Gasteiger partial charge in [0.1, 0.15) is 0 Å². The van der Waals surface area contributed by atoms with Gasteiger partial charge in [0.15, 0.2) is 0 Å². The molecule has 0 radical (unpaired) electrons. The normalized spacial score (nSPS) is 13.0. The Morgan fingerprint density at radius 2 is 2.18 bits per heavy atom. The van der Waals surface area contributed by atoms with Gasteiger partial charge in [-0.1, -0.05) is 37.5 Å². The SMILES string of the molecule is C=C/C=C\C(=C/C)n1ccc(/C(C=C)=C/N)c1. The van der Waals surface area contributed by atoms with Crippen molar-refractivity contribution < 1.29 is 0 Å². The molecule has 0 spiro atoms. The van der Waals surface area contributed by atoms with Gasteiger partial charge in [0.2, 0.25) is 0 Å². The summed E-state index contributed by atoms with van der Waals surface area (Å²) >= 11 is 0. The Morgan fingerprint density at radius 3 is 2.71 bits per heavy atom. The second-order valence-corrected chi connectivity index (χ2v) is 3.44. The largest absolute Gasteiger partial charge is 0.404 e. The molecule has 2 heteroatoms. The van der Waals surface area contributed by atoms with Gasteiger partial charge in [0, 0.05) is 29.9 Å². The number of allylic oxidation sites excluding steroid dienone is 7. The summed E-state index contributed by atoms with van der Waals surface area (Å²) in [5, 5.41) is 0. The van der Waals surface area contributed by atoms with Crippen LogP contribution in [0, 0.1) is 0 Å². The third-order valence-corrected chi connectivity index (χ3v) is 2.42. The lowest BCUT2D eigenvalue weighted by molar-refractivity contribution is 1.12. The van der Waals surface area contributed by atoms with Crippen LogP contribution >= 0.6 is 0 Å². The summed E-state index contributed by atoms with van der Waals surface area (Å²) < 4.78 is 2.03. The highest BCUT2D eigenvalue weighted by Crippen LogP contribution is 2.17. The van der Waals surface area contributed by atoms with Crippen molar-refractivity contribution in [3.8, 4) is 0 Å². The van der Waals surface area contributed by atoms with E-state index in [2.05, 4.69) is 13.2 Å². The van der Waals surface area contributed by atoms with Crippen molar-refractivity contribution in [2.45, 2.75) is 6.92 Å². The summed E-state index contributed by atoms with van der Waals surface area (Å²) in [6, 6.07) is 2.01. The van der Waals surface area contributed by atoms with E-state index in [1.807, 2.05) is 48.2 Å². The van der Waals surface area contributed by atoms with E-state index in [1.54, 1.807) is 18.4 Å². The van der Waals surface area contributed by atoms with Crippen LogP contribution in [0.5, 0.6) is 0 Å². The Hall–Kier alpha value is -2.22. The van der Waals surface area contributed by atoms with Crippen molar-refractivity contribution >= 4 is 11.3 Å². The second kappa shape index (κ2) is 6.38. The number of rotatable bonds is 5. The number of aromatic nitrogens is 1. The summed E-state index contributed by atoms with van der Waals surface area (Å²) in [5.74, 6) is 0. The minimum absolute atomic E-state index is 0.923. The van der Waals surface area contributed by atoms with Crippen molar-refractivity contribution in [2.75, 3.05) is 0 Å². The van der Waals surface area contributed by atoms with Crippen molar-refractivity contribution in [2.24, 2.45) is 5.73 Å². The van der Waals surface area contributed by atoms with Gasteiger partial charge in [0.25, 0.3) is 0 Å². The highest BCUT2D eigenvalue weighted by Gasteiger charge is 2.01. The fourth-order valence-electron chi connectivity index (χ4n) is 1.51. The van der Waals surface area contributed by atoms with Crippen LogP contribution in [0.15, 0.2) is 68.2 Å². The van der Waals surface area contributed by atoms with Gasteiger partial charge in [-0.25, -0.2) is 0 Å². The van der Waals surface area contributed by atoms with E-state index in [0.29, 0.717) is 0 Å². The van der Waals surface area contributed by atoms with Gasteiger partial charge in [0.05, 0.1) is 0 Å². The molecule has 2 nitrogen and oxygen atoms in total. The van der Waals surface area contributed by atoms with Crippen LogP contribution in [0.25, 0.3) is 11.3 Å². The maximum Gasteiger partial charge on any atom is 0.0406 e. The Morgan fingerprint density at radius 1 is 1.41 bits per heavy atom. The summed E-state index contributed by atoms with van der Waals surface area (Å²) in [5.41, 5.74) is 8.58. The molecule has 1 heterocycles. The van der Waals surface area contributed by atoms with Crippen molar-refractivity contribution in [3.63, 3.8) is 0 Å². The molecular formula is C15H18N2. The van der Waals surface area contributed by atoms with Crippen molar-refractivity contribution in [1.29, 1.82) is 0 Å². The van der Waals surface area contributed by atoms with Crippen LogP contribution in [-0.2, 0) is 0 Å². The van der Waals surface area contributed by atoms with Crippen LogP contribution < -0.4 is 5.73 Å². The second-order valence-electron chi connectivity index (χ2n) is 3.44. The smallest absolute Gasteiger partial charge is 0.0406 e. The molecule has 0 saturated carbocycles. The zero-order valence-electron chi connectivity index (χ0n) is 10.1. The van der Waals surface area contributed by atoms with Gasteiger partial charge in [-0.15, -0.1) is 0 Å². The van der Waals surface area contributed by atoms with Gasteiger partial charge >= 0.3 is 0 Å². The van der Waals surface area contributed by atoms with Gasteiger partial charge in [-0.3, -0.25) is 0 Å². The highest BCUT2D eigenvalue weighted by molar-refractivity contribution is 5.73. The molecule has 17 heavy (non-hydrogen) atoms.